The van der Waals surface area contributed by atoms with Crippen molar-refractivity contribution >= 4 is 5.97 Å². The highest BCUT2D eigenvalue weighted by atomic mass is 16.5. The minimum atomic E-state index is -1.35. The number of aromatic amines is 1. The van der Waals surface area contributed by atoms with Gasteiger partial charge in [-0.05, 0) is 46.3 Å². The molecule has 0 radical (unpaired) electrons. The van der Waals surface area contributed by atoms with E-state index in [4.69, 9.17) is 14.6 Å². The predicted molar refractivity (Wildman–Crippen MR) is 107 cm³/mol. The smallest absolute Gasteiger partial charge is 0.342 e. The number of carboxylic acid groups (broad SMARTS) is 1. The molecule has 4 aromatic rings. The first-order chi connectivity index (χ1) is 15.0. The van der Waals surface area contributed by atoms with Crippen molar-refractivity contribution in [3.05, 3.63) is 76.5 Å². The average Bonchev–Trinajstić information content (AvgIpc) is 3.32. The van der Waals surface area contributed by atoms with Crippen LogP contribution in [-0.2, 0) is 6.61 Å². The Balaban J connectivity index is 1.66. The summed E-state index contributed by atoms with van der Waals surface area (Å²) in [6, 6.07) is 12.5. The Kier molecular flexibility index (Phi) is 5.39. The zero-order chi connectivity index (χ0) is 21.8. The van der Waals surface area contributed by atoms with Crippen LogP contribution < -0.4 is 15.0 Å². The monoisotopic (exact) mass is 420 g/mol. The van der Waals surface area contributed by atoms with Crippen LogP contribution in [0.25, 0.3) is 17.1 Å². The third-order valence-corrected chi connectivity index (χ3v) is 4.41. The Hall–Kier alpha value is -4.54. The third-order valence-electron chi connectivity index (χ3n) is 4.41. The summed E-state index contributed by atoms with van der Waals surface area (Å²) in [5.74, 6) is 0.0947. The van der Waals surface area contributed by atoms with Gasteiger partial charge in [0.2, 0.25) is 0 Å². The number of carbonyl (C=O) groups is 1. The van der Waals surface area contributed by atoms with Gasteiger partial charge in [-0.25, -0.2) is 9.78 Å². The summed E-state index contributed by atoms with van der Waals surface area (Å²) in [4.78, 5) is 29.5. The van der Waals surface area contributed by atoms with E-state index in [-0.39, 0.29) is 5.82 Å². The van der Waals surface area contributed by atoms with Crippen molar-refractivity contribution in [3.8, 4) is 28.6 Å². The first-order valence-corrected chi connectivity index (χ1v) is 9.01. The second-order valence-electron chi connectivity index (χ2n) is 6.35. The van der Waals surface area contributed by atoms with E-state index in [9.17, 15) is 9.59 Å². The van der Waals surface area contributed by atoms with Crippen molar-refractivity contribution in [2.75, 3.05) is 7.11 Å². The van der Waals surface area contributed by atoms with Gasteiger partial charge in [-0.1, -0.05) is 12.1 Å². The molecule has 2 heterocycles. The second kappa shape index (κ2) is 8.45. The Morgan fingerprint density at radius 2 is 2.00 bits per heavy atom. The number of aromatic nitrogens is 6. The van der Waals surface area contributed by atoms with Gasteiger partial charge in [0.25, 0.3) is 5.56 Å². The largest absolute Gasteiger partial charge is 0.497 e. The van der Waals surface area contributed by atoms with Crippen LogP contribution in [0, 0.1) is 0 Å². The number of hydrogen-bond donors (Lipinski definition) is 2. The molecule has 0 aliphatic heterocycles. The zero-order valence-electron chi connectivity index (χ0n) is 16.2. The summed E-state index contributed by atoms with van der Waals surface area (Å²) in [7, 11) is 1.60. The van der Waals surface area contributed by atoms with E-state index in [0.717, 1.165) is 17.5 Å². The normalized spacial score (nSPS) is 10.6. The van der Waals surface area contributed by atoms with Gasteiger partial charge < -0.3 is 19.6 Å². The quantitative estimate of drug-likeness (QED) is 0.456. The van der Waals surface area contributed by atoms with Crippen molar-refractivity contribution in [1.29, 1.82) is 0 Å². The SMILES string of the molecule is COc1ccc(COc2ccc(-c3ncc(C(=O)O)c(=O)[nH]3)cc2-n2cnnn2)cc1. The fourth-order valence-electron chi connectivity index (χ4n) is 2.81. The molecule has 156 valence electrons. The van der Waals surface area contributed by atoms with E-state index < -0.39 is 17.1 Å². The van der Waals surface area contributed by atoms with E-state index in [1.54, 1.807) is 25.3 Å². The summed E-state index contributed by atoms with van der Waals surface area (Å²) in [6.45, 7) is 0.293. The first-order valence-electron chi connectivity index (χ1n) is 9.01. The highest BCUT2D eigenvalue weighted by Gasteiger charge is 2.14. The summed E-state index contributed by atoms with van der Waals surface area (Å²) in [5, 5.41) is 20.2. The van der Waals surface area contributed by atoms with E-state index in [1.165, 1.54) is 11.0 Å². The highest BCUT2D eigenvalue weighted by Crippen LogP contribution is 2.28. The molecule has 0 saturated heterocycles. The Morgan fingerprint density at radius 3 is 2.65 bits per heavy atom. The van der Waals surface area contributed by atoms with Crippen LogP contribution >= 0.6 is 0 Å². The summed E-state index contributed by atoms with van der Waals surface area (Å²) in [6.07, 6.45) is 2.42. The predicted octanol–water partition coefficient (Wildman–Crippen LogP) is 1.70. The molecule has 2 aromatic heterocycles. The minimum Gasteiger partial charge on any atom is -0.497 e. The van der Waals surface area contributed by atoms with Gasteiger partial charge in [-0.15, -0.1) is 5.10 Å². The van der Waals surface area contributed by atoms with Gasteiger partial charge in [-0.2, -0.15) is 4.68 Å². The third kappa shape index (κ3) is 4.24. The number of hydrogen-bond acceptors (Lipinski definition) is 8. The number of tetrazole rings is 1. The van der Waals surface area contributed by atoms with Crippen molar-refractivity contribution < 1.29 is 19.4 Å². The van der Waals surface area contributed by atoms with Crippen LogP contribution in [0.15, 0.2) is 59.8 Å². The lowest BCUT2D eigenvalue weighted by atomic mass is 10.1. The van der Waals surface area contributed by atoms with Crippen LogP contribution in [0.5, 0.6) is 11.5 Å². The molecular formula is C20H16N6O5. The number of nitrogens with zero attached hydrogens (tertiary/aromatic N) is 5. The molecule has 0 saturated carbocycles. The van der Waals surface area contributed by atoms with Gasteiger partial charge >= 0.3 is 5.97 Å². The van der Waals surface area contributed by atoms with E-state index in [0.29, 0.717) is 23.6 Å². The first kappa shape index (κ1) is 19.8. The number of benzene rings is 2. The topological polar surface area (TPSA) is 145 Å². The molecule has 0 atom stereocenters. The van der Waals surface area contributed by atoms with Gasteiger partial charge in [-0.3, -0.25) is 4.79 Å². The molecule has 0 fully saturated rings. The maximum Gasteiger partial charge on any atom is 0.342 e. The van der Waals surface area contributed by atoms with Crippen LogP contribution in [0.3, 0.4) is 0 Å². The number of rotatable bonds is 7. The fourth-order valence-corrected chi connectivity index (χ4v) is 2.81. The fraction of sp³-hybridized carbons (Fsp3) is 0.100. The summed E-state index contributed by atoms with van der Waals surface area (Å²) < 4.78 is 12.5. The van der Waals surface area contributed by atoms with Gasteiger partial charge in [0.05, 0.1) is 7.11 Å². The molecule has 0 amide bonds. The Morgan fingerprint density at radius 1 is 1.19 bits per heavy atom. The van der Waals surface area contributed by atoms with Crippen molar-refractivity contribution in [1.82, 2.24) is 30.2 Å². The molecule has 4 rings (SSSR count). The lowest BCUT2D eigenvalue weighted by Crippen LogP contribution is -2.18. The van der Waals surface area contributed by atoms with E-state index in [1.807, 2.05) is 24.3 Å². The molecule has 0 unspecified atom stereocenters. The standard InChI is InChI=1S/C20H16N6O5/c1-30-14-5-2-12(3-6-14)10-31-17-7-4-13(8-16(17)26-11-22-24-25-26)18-21-9-15(20(28)29)19(27)23-18/h2-9,11H,10H2,1H3,(H,28,29)(H,21,23,27). The molecule has 0 bridgehead atoms. The molecule has 31 heavy (non-hydrogen) atoms. The van der Waals surface area contributed by atoms with Gasteiger partial charge in [0.15, 0.2) is 0 Å². The van der Waals surface area contributed by atoms with Gasteiger partial charge in [0, 0.05) is 11.8 Å². The molecular weight excluding hydrogens is 404 g/mol. The summed E-state index contributed by atoms with van der Waals surface area (Å²) in [5.41, 5.74) is 0.783. The lowest BCUT2D eigenvalue weighted by Gasteiger charge is -2.13. The summed E-state index contributed by atoms with van der Waals surface area (Å²) >= 11 is 0. The van der Waals surface area contributed by atoms with Crippen molar-refractivity contribution in [3.63, 3.8) is 0 Å². The highest BCUT2D eigenvalue weighted by molar-refractivity contribution is 5.86. The molecule has 0 aliphatic carbocycles. The van der Waals surface area contributed by atoms with Crippen LogP contribution in [0.1, 0.15) is 15.9 Å². The number of ether oxygens (including phenoxy) is 2. The van der Waals surface area contributed by atoms with E-state index >= 15 is 0 Å². The van der Waals surface area contributed by atoms with E-state index in [2.05, 4.69) is 25.5 Å². The molecule has 2 N–H and O–H groups in total. The molecule has 0 spiro atoms. The molecule has 0 aliphatic rings. The number of nitrogens with one attached hydrogen (secondary N) is 1. The molecule has 11 heteroatoms. The maximum absolute atomic E-state index is 12.0. The Labute approximate surface area is 174 Å². The van der Waals surface area contributed by atoms with Crippen molar-refractivity contribution in [2.24, 2.45) is 0 Å². The van der Waals surface area contributed by atoms with Crippen LogP contribution in [-0.4, -0.2) is 48.4 Å². The van der Waals surface area contributed by atoms with Crippen LogP contribution in [0.2, 0.25) is 0 Å². The van der Waals surface area contributed by atoms with Crippen LogP contribution in [0.4, 0.5) is 0 Å². The number of aromatic carboxylic acids is 1. The molecule has 11 nitrogen and oxygen atoms in total. The maximum atomic E-state index is 12.0. The number of carboxylic acids is 1. The second-order valence-corrected chi connectivity index (χ2v) is 6.35. The number of methoxy groups -OCH3 is 1. The minimum absolute atomic E-state index is 0.200. The van der Waals surface area contributed by atoms with Crippen molar-refractivity contribution in [2.45, 2.75) is 6.61 Å². The average molecular weight is 420 g/mol. The molecule has 2 aromatic carbocycles. The zero-order valence-corrected chi connectivity index (χ0v) is 16.2. The lowest BCUT2D eigenvalue weighted by molar-refractivity contribution is 0.0694. The number of H-pyrrole nitrogens is 1. The van der Waals surface area contributed by atoms with Gasteiger partial charge in [0.1, 0.15) is 41.5 Å². The Bertz CT molecular complexity index is 1270.